The first-order chi connectivity index (χ1) is 12.6. The zero-order valence-electron chi connectivity index (χ0n) is 15.2. The minimum Gasteiger partial charge on any atom is -0.334 e. The van der Waals surface area contributed by atoms with Crippen LogP contribution in [0.15, 0.2) is 48.5 Å². The maximum absolute atomic E-state index is 12.4. The Morgan fingerprint density at radius 1 is 1.12 bits per heavy atom. The second-order valence-corrected chi connectivity index (χ2v) is 7.33. The van der Waals surface area contributed by atoms with Crippen molar-refractivity contribution < 1.29 is 4.79 Å². The number of rotatable bonds is 6. The fourth-order valence-corrected chi connectivity index (χ4v) is 3.57. The van der Waals surface area contributed by atoms with Crippen LogP contribution in [-0.4, -0.2) is 36.0 Å². The van der Waals surface area contributed by atoms with Crippen LogP contribution in [0.25, 0.3) is 0 Å². The molecule has 1 aliphatic rings. The predicted molar refractivity (Wildman–Crippen MR) is 106 cm³/mol. The number of urea groups is 1. The first-order valence-corrected chi connectivity index (χ1v) is 9.52. The lowest BCUT2D eigenvalue weighted by molar-refractivity contribution is 0.206. The summed E-state index contributed by atoms with van der Waals surface area (Å²) < 4.78 is 0. The largest absolute Gasteiger partial charge is 0.334 e. The smallest absolute Gasteiger partial charge is 0.317 e. The lowest BCUT2D eigenvalue weighted by atomic mass is 10.1. The highest BCUT2D eigenvalue weighted by Crippen LogP contribution is 2.16. The molecular formula is C21H26ClN3O. The van der Waals surface area contributed by atoms with Crippen molar-refractivity contribution in [2.45, 2.75) is 32.5 Å². The molecule has 0 spiro atoms. The molecular weight excluding hydrogens is 346 g/mol. The monoisotopic (exact) mass is 371 g/mol. The molecule has 0 aromatic heterocycles. The summed E-state index contributed by atoms with van der Waals surface area (Å²) in [5, 5.41) is 3.72. The topological polar surface area (TPSA) is 35.6 Å². The van der Waals surface area contributed by atoms with Gasteiger partial charge in [-0.15, -0.1) is 0 Å². The van der Waals surface area contributed by atoms with Gasteiger partial charge in [0, 0.05) is 31.7 Å². The molecule has 2 aromatic rings. The molecule has 1 fully saturated rings. The quantitative estimate of drug-likeness (QED) is 0.822. The van der Waals surface area contributed by atoms with Crippen LogP contribution in [0, 0.1) is 0 Å². The summed E-state index contributed by atoms with van der Waals surface area (Å²) in [6, 6.07) is 15.9. The van der Waals surface area contributed by atoms with E-state index < -0.39 is 0 Å². The van der Waals surface area contributed by atoms with E-state index in [9.17, 15) is 4.79 Å². The Hall–Kier alpha value is -2.04. The van der Waals surface area contributed by atoms with Crippen molar-refractivity contribution in [3.63, 3.8) is 0 Å². The van der Waals surface area contributed by atoms with Crippen molar-refractivity contribution in [2.24, 2.45) is 0 Å². The first kappa shape index (κ1) is 18.7. The average Bonchev–Trinajstić information content (AvgIpc) is 3.14. The Kier molecular flexibility index (Phi) is 6.53. The molecule has 26 heavy (non-hydrogen) atoms. The summed E-state index contributed by atoms with van der Waals surface area (Å²) in [7, 11) is 1.80. The lowest BCUT2D eigenvalue weighted by Gasteiger charge is -2.20. The number of carbonyl (C=O) groups excluding carboxylic acids is 1. The van der Waals surface area contributed by atoms with Gasteiger partial charge in [0.1, 0.15) is 0 Å². The average molecular weight is 372 g/mol. The van der Waals surface area contributed by atoms with E-state index in [2.05, 4.69) is 28.4 Å². The highest BCUT2D eigenvalue weighted by molar-refractivity contribution is 6.30. The SMILES string of the molecule is CN(Cc1cccc(Cl)c1)C(=O)NCc1ccccc1CN1CCCC1. The molecule has 5 heteroatoms. The third kappa shape index (κ3) is 5.23. The second-order valence-electron chi connectivity index (χ2n) is 6.90. The van der Waals surface area contributed by atoms with Crippen molar-refractivity contribution in [1.29, 1.82) is 0 Å². The van der Waals surface area contributed by atoms with E-state index in [1.807, 2.05) is 30.3 Å². The number of hydrogen-bond acceptors (Lipinski definition) is 2. The molecule has 0 saturated carbocycles. The predicted octanol–water partition coefficient (Wildman–Crippen LogP) is 4.28. The standard InChI is InChI=1S/C21H26ClN3O/c1-24(15-17-7-6-10-20(22)13-17)21(26)23-14-18-8-2-3-9-19(18)16-25-11-4-5-12-25/h2-3,6-10,13H,4-5,11-12,14-16H2,1H3,(H,23,26). The van der Waals surface area contributed by atoms with E-state index in [0.717, 1.165) is 12.1 Å². The Morgan fingerprint density at radius 2 is 1.85 bits per heavy atom. The number of amides is 2. The molecule has 138 valence electrons. The van der Waals surface area contributed by atoms with E-state index >= 15 is 0 Å². The molecule has 0 aliphatic carbocycles. The van der Waals surface area contributed by atoms with Crippen LogP contribution in [0.5, 0.6) is 0 Å². The highest BCUT2D eigenvalue weighted by atomic mass is 35.5. The van der Waals surface area contributed by atoms with Gasteiger partial charge in [0.05, 0.1) is 0 Å². The molecule has 3 rings (SSSR count). The van der Waals surface area contributed by atoms with Crippen LogP contribution in [0.3, 0.4) is 0 Å². The van der Waals surface area contributed by atoms with Gasteiger partial charge in [-0.25, -0.2) is 4.79 Å². The van der Waals surface area contributed by atoms with E-state index in [1.54, 1.807) is 11.9 Å². The molecule has 1 N–H and O–H groups in total. The van der Waals surface area contributed by atoms with Gasteiger partial charge in [0.15, 0.2) is 0 Å². The molecule has 2 aromatic carbocycles. The van der Waals surface area contributed by atoms with Crippen LogP contribution in [0.1, 0.15) is 29.5 Å². The van der Waals surface area contributed by atoms with Crippen molar-refractivity contribution in [3.05, 3.63) is 70.2 Å². The van der Waals surface area contributed by atoms with Crippen molar-refractivity contribution >= 4 is 17.6 Å². The summed E-state index contributed by atoms with van der Waals surface area (Å²) >= 11 is 6.01. The van der Waals surface area contributed by atoms with Crippen molar-refractivity contribution in [3.8, 4) is 0 Å². The van der Waals surface area contributed by atoms with E-state index in [4.69, 9.17) is 11.6 Å². The molecule has 1 heterocycles. The van der Waals surface area contributed by atoms with Crippen LogP contribution in [0.4, 0.5) is 4.79 Å². The first-order valence-electron chi connectivity index (χ1n) is 9.14. The fourth-order valence-electron chi connectivity index (χ4n) is 3.35. The molecule has 2 amide bonds. The van der Waals surface area contributed by atoms with Gasteiger partial charge in [-0.2, -0.15) is 0 Å². The molecule has 0 bridgehead atoms. The van der Waals surface area contributed by atoms with Gasteiger partial charge in [-0.3, -0.25) is 4.90 Å². The van der Waals surface area contributed by atoms with Crippen LogP contribution in [-0.2, 0) is 19.6 Å². The zero-order valence-corrected chi connectivity index (χ0v) is 16.0. The third-order valence-electron chi connectivity index (χ3n) is 4.80. The molecule has 1 saturated heterocycles. The molecule has 4 nitrogen and oxygen atoms in total. The maximum atomic E-state index is 12.4. The molecule has 0 atom stereocenters. The van der Waals surface area contributed by atoms with Gasteiger partial charge in [-0.1, -0.05) is 48.0 Å². The van der Waals surface area contributed by atoms with Crippen LogP contribution < -0.4 is 5.32 Å². The summed E-state index contributed by atoms with van der Waals surface area (Å²) in [6.07, 6.45) is 2.57. The number of nitrogens with zero attached hydrogens (tertiary/aromatic N) is 2. The van der Waals surface area contributed by atoms with Gasteiger partial charge in [0.2, 0.25) is 0 Å². The number of likely N-dealkylation sites (tertiary alicyclic amines) is 1. The Labute approximate surface area is 160 Å². The highest BCUT2D eigenvalue weighted by Gasteiger charge is 2.14. The zero-order chi connectivity index (χ0) is 18.4. The Bertz CT molecular complexity index is 744. The molecule has 0 radical (unpaired) electrons. The van der Waals surface area contributed by atoms with Crippen LogP contribution in [0.2, 0.25) is 5.02 Å². The van der Waals surface area contributed by atoms with E-state index in [-0.39, 0.29) is 6.03 Å². The normalized spacial score (nSPS) is 14.4. The van der Waals surface area contributed by atoms with Crippen LogP contribution >= 0.6 is 11.6 Å². The summed E-state index contributed by atoms with van der Waals surface area (Å²) in [5.74, 6) is 0. The number of nitrogens with one attached hydrogen (secondary N) is 1. The Morgan fingerprint density at radius 3 is 2.58 bits per heavy atom. The molecule has 0 unspecified atom stereocenters. The second kappa shape index (κ2) is 9.06. The summed E-state index contributed by atoms with van der Waals surface area (Å²) in [6.45, 7) is 4.38. The summed E-state index contributed by atoms with van der Waals surface area (Å²) in [4.78, 5) is 16.6. The van der Waals surface area contributed by atoms with Gasteiger partial charge >= 0.3 is 6.03 Å². The van der Waals surface area contributed by atoms with E-state index in [0.29, 0.717) is 18.1 Å². The minimum atomic E-state index is -0.0825. The minimum absolute atomic E-state index is 0.0825. The van der Waals surface area contributed by atoms with Gasteiger partial charge in [-0.05, 0) is 54.8 Å². The molecule has 1 aliphatic heterocycles. The summed E-state index contributed by atoms with van der Waals surface area (Å²) in [5.41, 5.74) is 3.50. The Balaban J connectivity index is 1.55. The maximum Gasteiger partial charge on any atom is 0.317 e. The lowest BCUT2D eigenvalue weighted by Crippen LogP contribution is -2.36. The number of benzene rings is 2. The fraction of sp³-hybridized carbons (Fsp3) is 0.381. The van der Waals surface area contributed by atoms with Gasteiger partial charge in [0.25, 0.3) is 0 Å². The third-order valence-corrected chi connectivity index (χ3v) is 5.03. The van der Waals surface area contributed by atoms with Crippen molar-refractivity contribution in [2.75, 3.05) is 20.1 Å². The van der Waals surface area contributed by atoms with Crippen molar-refractivity contribution in [1.82, 2.24) is 15.1 Å². The van der Waals surface area contributed by atoms with E-state index in [1.165, 1.54) is 37.1 Å². The van der Waals surface area contributed by atoms with Gasteiger partial charge < -0.3 is 10.2 Å². The number of hydrogen-bond donors (Lipinski definition) is 1. The number of carbonyl (C=O) groups is 1. The number of halogens is 1.